The predicted octanol–water partition coefficient (Wildman–Crippen LogP) is 3.99. The van der Waals surface area contributed by atoms with Gasteiger partial charge in [-0.2, -0.15) is 0 Å². The van der Waals surface area contributed by atoms with Crippen LogP contribution in [0.5, 0.6) is 0 Å². The summed E-state index contributed by atoms with van der Waals surface area (Å²) in [6.45, 7) is 0. The average molecular weight is 361 g/mol. The highest BCUT2D eigenvalue weighted by molar-refractivity contribution is 8.04. The standard InChI is InChI=1S/C9H8Cl3N3O4S/c1-13(2)8-6(14(16)17)3-5(20-9(10,11)12)4-7(8)15(18)19/h3-4H,1-2H3. The van der Waals surface area contributed by atoms with Gasteiger partial charge >= 0.3 is 11.4 Å². The van der Waals surface area contributed by atoms with E-state index in [0.29, 0.717) is 11.8 Å². The van der Waals surface area contributed by atoms with Gasteiger partial charge in [-0.25, -0.2) is 0 Å². The quantitative estimate of drug-likeness (QED) is 0.349. The molecule has 0 aliphatic carbocycles. The molecule has 0 aromatic heterocycles. The van der Waals surface area contributed by atoms with Crippen LogP contribution >= 0.6 is 46.6 Å². The van der Waals surface area contributed by atoms with Crippen LogP contribution in [0.3, 0.4) is 0 Å². The van der Waals surface area contributed by atoms with Crippen LogP contribution in [-0.4, -0.2) is 27.1 Å². The summed E-state index contributed by atoms with van der Waals surface area (Å²) in [5.41, 5.74) is -0.976. The van der Waals surface area contributed by atoms with Gasteiger partial charge in [0.05, 0.1) is 9.85 Å². The molecule has 0 bridgehead atoms. The highest BCUT2D eigenvalue weighted by Crippen LogP contribution is 2.47. The number of alkyl halides is 3. The fourth-order valence-electron chi connectivity index (χ4n) is 1.51. The van der Waals surface area contributed by atoms with E-state index in [1.807, 2.05) is 0 Å². The Morgan fingerprint density at radius 2 is 1.50 bits per heavy atom. The summed E-state index contributed by atoms with van der Waals surface area (Å²) < 4.78 is -1.78. The van der Waals surface area contributed by atoms with Crippen molar-refractivity contribution in [2.75, 3.05) is 19.0 Å². The van der Waals surface area contributed by atoms with Gasteiger partial charge in [-0.05, 0) is 0 Å². The summed E-state index contributed by atoms with van der Waals surface area (Å²) in [6, 6.07) is 2.27. The van der Waals surface area contributed by atoms with E-state index in [1.54, 1.807) is 0 Å². The van der Waals surface area contributed by atoms with Gasteiger partial charge in [-0.3, -0.25) is 20.2 Å². The third-order valence-corrected chi connectivity index (χ3v) is 3.51. The van der Waals surface area contributed by atoms with Gasteiger partial charge < -0.3 is 4.90 Å². The van der Waals surface area contributed by atoms with Gasteiger partial charge in [0.2, 0.25) is 3.12 Å². The Morgan fingerprint density at radius 1 is 1.10 bits per heavy atom. The molecule has 0 radical (unpaired) electrons. The first-order valence-electron chi connectivity index (χ1n) is 4.93. The zero-order valence-electron chi connectivity index (χ0n) is 10.2. The zero-order chi connectivity index (χ0) is 15.7. The Balaban J connectivity index is 3.55. The Bertz CT molecular complexity index is 527. The van der Waals surface area contributed by atoms with Gasteiger partial charge in [0.1, 0.15) is 0 Å². The first kappa shape index (κ1) is 17.1. The molecule has 20 heavy (non-hydrogen) atoms. The second-order valence-electron chi connectivity index (χ2n) is 3.77. The van der Waals surface area contributed by atoms with Gasteiger partial charge in [0, 0.05) is 31.1 Å². The summed E-state index contributed by atoms with van der Waals surface area (Å²) >= 11 is 17.4. The van der Waals surface area contributed by atoms with Crippen molar-refractivity contribution in [3.05, 3.63) is 32.4 Å². The van der Waals surface area contributed by atoms with E-state index in [1.165, 1.54) is 19.0 Å². The maximum Gasteiger partial charge on any atom is 0.300 e. The van der Waals surface area contributed by atoms with Crippen molar-refractivity contribution in [2.24, 2.45) is 0 Å². The minimum atomic E-state index is -1.78. The number of hydrogen-bond donors (Lipinski definition) is 0. The predicted molar refractivity (Wildman–Crippen MR) is 80.2 cm³/mol. The summed E-state index contributed by atoms with van der Waals surface area (Å²) in [5, 5.41) is 22.1. The molecule has 110 valence electrons. The number of hydrogen-bond acceptors (Lipinski definition) is 6. The van der Waals surface area contributed by atoms with Crippen LogP contribution in [0.4, 0.5) is 17.1 Å². The molecule has 7 nitrogen and oxygen atoms in total. The zero-order valence-corrected chi connectivity index (χ0v) is 13.3. The number of thioether (sulfide) groups is 1. The molecule has 0 amide bonds. The minimum absolute atomic E-state index is 0.117. The Labute approximate surface area is 133 Å². The molecule has 0 N–H and O–H groups in total. The Morgan fingerprint density at radius 3 is 1.75 bits per heavy atom. The van der Waals surface area contributed by atoms with Crippen LogP contribution in [0.15, 0.2) is 17.0 Å². The maximum absolute atomic E-state index is 11.1. The van der Waals surface area contributed by atoms with Crippen molar-refractivity contribution in [1.82, 2.24) is 0 Å². The highest BCUT2D eigenvalue weighted by Gasteiger charge is 2.31. The minimum Gasteiger partial charge on any atom is -0.366 e. The summed E-state index contributed by atoms with van der Waals surface area (Å²) in [6.07, 6.45) is 0. The fraction of sp³-hybridized carbons (Fsp3) is 0.333. The van der Waals surface area contributed by atoms with Gasteiger partial charge in [-0.1, -0.05) is 46.6 Å². The molecule has 0 fully saturated rings. The lowest BCUT2D eigenvalue weighted by molar-refractivity contribution is -0.392. The molecular weight excluding hydrogens is 353 g/mol. The van der Waals surface area contributed by atoms with E-state index in [4.69, 9.17) is 34.8 Å². The molecule has 1 aromatic rings. The van der Waals surface area contributed by atoms with Crippen LogP contribution in [0.25, 0.3) is 0 Å². The van der Waals surface area contributed by atoms with Crippen LogP contribution < -0.4 is 4.90 Å². The van der Waals surface area contributed by atoms with E-state index in [-0.39, 0.29) is 10.6 Å². The molecule has 11 heteroatoms. The molecule has 0 atom stereocenters. The monoisotopic (exact) mass is 359 g/mol. The number of rotatable bonds is 4. The lowest BCUT2D eigenvalue weighted by atomic mass is 10.2. The largest absolute Gasteiger partial charge is 0.366 e. The first-order valence-corrected chi connectivity index (χ1v) is 6.88. The van der Waals surface area contributed by atoms with E-state index in [2.05, 4.69) is 0 Å². The van der Waals surface area contributed by atoms with E-state index < -0.39 is 24.3 Å². The fourth-order valence-corrected chi connectivity index (χ4v) is 2.92. The average Bonchev–Trinajstić information content (AvgIpc) is 2.24. The van der Waals surface area contributed by atoms with Gasteiger partial charge in [-0.15, -0.1) is 0 Å². The molecule has 0 saturated carbocycles. The van der Waals surface area contributed by atoms with Crippen molar-refractivity contribution >= 4 is 63.6 Å². The van der Waals surface area contributed by atoms with E-state index >= 15 is 0 Å². The third-order valence-electron chi connectivity index (χ3n) is 2.12. The lowest BCUT2D eigenvalue weighted by Gasteiger charge is -2.15. The van der Waals surface area contributed by atoms with Gasteiger partial charge in [0.15, 0.2) is 5.69 Å². The second-order valence-corrected chi connectivity index (χ2v) is 8.01. The van der Waals surface area contributed by atoms with Crippen molar-refractivity contribution in [1.29, 1.82) is 0 Å². The number of nitrogens with zero attached hydrogens (tertiary/aromatic N) is 3. The van der Waals surface area contributed by atoms with Crippen LogP contribution in [0.1, 0.15) is 0 Å². The second kappa shape index (κ2) is 6.21. The van der Waals surface area contributed by atoms with Crippen LogP contribution in [-0.2, 0) is 0 Å². The van der Waals surface area contributed by atoms with Crippen LogP contribution in [0.2, 0.25) is 0 Å². The molecule has 1 aromatic carbocycles. The highest BCUT2D eigenvalue weighted by atomic mass is 35.6. The van der Waals surface area contributed by atoms with E-state index in [0.717, 1.165) is 12.1 Å². The molecule has 0 unspecified atom stereocenters. The molecule has 0 spiro atoms. The van der Waals surface area contributed by atoms with E-state index in [9.17, 15) is 20.2 Å². The topological polar surface area (TPSA) is 89.5 Å². The lowest BCUT2D eigenvalue weighted by Crippen LogP contribution is -2.13. The maximum atomic E-state index is 11.1. The molecule has 0 saturated heterocycles. The molecular formula is C9H8Cl3N3O4S. The third kappa shape index (κ3) is 4.27. The van der Waals surface area contributed by atoms with Crippen molar-refractivity contribution in [3.8, 4) is 0 Å². The normalized spacial score (nSPS) is 11.2. The molecule has 0 aliphatic rings. The SMILES string of the molecule is CN(C)c1c([N+](=O)[O-])cc(SC(Cl)(Cl)Cl)cc1[N+](=O)[O-]. The summed E-state index contributed by atoms with van der Waals surface area (Å²) in [4.78, 5) is 22.1. The smallest absolute Gasteiger partial charge is 0.300 e. The molecule has 0 aliphatic heterocycles. The van der Waals surface area contributed by atoms with Crippen molar-refractivity contribution in [2.45, 2.75) is 8.02 Å². The van der Waals surface area contributed by atoms with Gasteiger partial charge in [0.25, 0.3) is 0 Å². The molecule has 1 rings (SSSR count). The van der Waals surface area contributed by atoms with Crippen molar-refractivity contribution in [3.63, 3.8) is 0 Å². The summed E-state index contributed by atoms with van der Waals surface area (Å²) in [5.74, 6) is 0. The summed E-state index contributed by atoms with van der Waals surface area (Å²) in [7, 11) is 2.94. The number of benzene rings is 1. The van der Waals surface area contributed by atoms with Crippen LogP contribution in [0, 0.1) is 20.2 Å². The molecule has 0 heterocycles. The number of nitro groups is 2. The Kier molecular flexibility index (Phi) is 5.31. The number of nitro benzene ring substituents is 2. The number of anilines is 1. The van der Waals surface area contributed by atoms with Crippen molar-refractivity contribution < 1.29 is 9.85 Å². The number of halogens is 3. The Hall–Kier alpha value is -0.960. The first-order chi connectivity index (χ1) is 9.03.